The van der Waals surface area contributed by atoms with Crippen LogP contribution in [0.25, 0.3) is 0 Å². The molecule has 1 aromatic rings. The molecule has 0 bridgehead atoms. The van der Waals surface area contributed by atoms with Crippen molar-refractivity contribution >= 4 is 11.5 Å². The van der Waals surface area contributed by atoms with Gasteiger partial charge in [-0.05, 0) is 25.2 Å². The number of anilines is 1. The molecular formula is C14H24N4O2. The summed E-state index contributed by atoms with van der Waals surface area (Å²) in [6, 6.07) is 0. The summed E-state index contributed by atoms with van der Waals surface area (Å²) in [4.78, 5) is 11.0. The number of hydrogen-bond donors (Lipinski definition) is 1. The highest BCUT2D eigenvalue weighted by atomic mass is 16.6. The monoisotopic (exact) mass is 280 g/mol. The normalized spacial score (nSPS) is 16.3. The van der Waals surface area contributed by atoms with E-state index in [0.29, 0.717) is 23.9 Å². The Bertz CT molecular complexity index is 464. The maximum absolute atomic E-state index is 11.3. The van der Waals surface area contributed by atoms with Crippen LogP contribution in [0.5, 0.6) is 0 Å². The summed E-state index contributed by atoms with van der Waals surface area (Å²) < 4.78 is 1.62. The van der Waals surface area contributed by atoms with Crippen LogP contribution in [0.3, 0.4) is 0 Å². The van der Waals surface area contributed by atoms with Gasteiger partial charge >= 0.3 is 5.69 Å². The molecule has 0 atom stereocenters. The summed E-state index contributed by atoms with van der Waals surface area (Å²) in [6.07, 6.45) is 7.83. The summed E-state index contributed by atoms with van der Waals surface area (Å²) in [5.74, 6) is 1.19. The van der Waals surface area contributed by atoms with Crippen LogP contribution < -0.4 is 5.32 Å². The zero-order valence-corrected chi connectivity index (χ0v) is 12.4. The second-order valence-corrected chi connectivity index (χ2v) is 5.66. The summed E-state index contributed by atoms with van der Waals surface area (Å²) in [5.41, 5.74) is 0.747. The zero-order valence-electron chi connectivity index (χ0n) is 12.4. The fraction of sp³-hybridized carbons (Fsp3) is 0.786. The van der Waals surface area contributed by atoms with Crippen molar-refractivity contribution in [1.82, 2.24) is 9.78 Å². The fourth-order valence-corrected chi connectivity index (χ4v) is 3.00. The summed E-state index contributed by atoms with van der Waals surface area (Å²) >= 11 is 0. The first-order valence-electron chi connectivity index (χ1n) is 7.57. The lowest BCUT2D eigenvalue weighted by molar-refractivity contribution is -0.384. The van der Waals surface area contributed by atoms with E-state index in [1.54, 1.807) is 11.7 Å². The van der Waals surface area contributed by atoms with Crippen LogP contribution in [0.4, 0.5) is 11.5 Å². The van der Waals surface area contributed by atoms with Crippen LogP contribution in [0, 0.1) is 16.0 Å². The van der Waals surface area contributed by atoms with Gasteiger partial charge in [-0.1, -0.05) is 32.6 Å². The van der Waals surface area contributed by atoms with Crippen molar-refractivity contribution in [2.45, 2.75) is 51.9 Å². The van der Waals surface area contributed by atoms with Gasteiger partial charge in [-0.3, -0.25) is 10.1 Å². The molecule has 1 aliphatic rings. The van der Waals surface area contributed by atoms with Crippen molar-refractivity contribution < 1.29 is 4.92 Å². The van der Waals surface area contributed by atoms with Crippen LogP contribution in [0.1, 0.15) is 51.1 Å². The van der Waals surface area contributed by atoms with Gasteiger partial charge in [-0.15, -0.1) is 0 Å². The van der Waals surface area contributed by atoms with Crippen molar-refractivity contribution in [3.8, 4) is 0 Å². The van der Waals surface area contributed by atoms with Crippen molar-refractivity contribution in [2.75, 3.05) is 11.9 Å². The van der Waals surface area contributed by atoms with Gasteiger partial charge in [0, 0.05) is 13.6 Å². The fourth-order valence-electron chi connectivity index (χ4n) is 3.00. The molecule has 0 spiro atoms. The summed E-state index contributed by atoms with van der Waals surface area (Å²) in [6.45, 7) is 2.82. The van der Waals surface area contributed by atoms with Crippen molar-refractivity contribution in [2.24, 2.45) is 13.0 Å². The molecule has 1 fully saturated rings. The average Bonchev–Trinajstić information content (AvgIpc) is 2.74. The van der Waals surface area contributed by atoms with Gasteiger partial charge in [0.25, 0.3) is 0 Å². The number of hydrogen-bond acceptors (Lipinski definition) is 4. The van der Waals surface area contributed by atoms with Crippen molar-refractivity contribution in [3.63, 3.8) is 0 Å². The van der Waals surface area contributed by atoms with E-state index in [2.05, 4.69) is 10.4 Å². The molecule has 6 nitrogen and oxygen atoms in total. The molecule has 0 amide bonds. The molecule has 0 unspecified atom stereocenters. The Labute approximate surface area is 119 Å². The molecule has 0 aromatic carbocycles. The topological polar surface area (TPSA) is 73.0 Å². The SMILES string of the molecule is CCCc1nn(C)c(NCC2CCCCC2)c1[N+](=O)[O-]. The number of aryl methyl sites for hydroxylation is 2. The average molecular weight is 280 g/mol. The van der Waals surface area contributed by atoms with E-state index in [9.17, 15) is 10.1 Å². The third kappa shape index (κ3) is 3.29. The molecule has 2 rings (SSSR count). The molecule has 112 valence electrons. The molecule has 0 aliphatic heterocycles. The number of aromatic nitrogens is 2. The Balaban J connectivity index is 2.11. The van der Waals surface area contributed by atoms with Crippen molar-refractivity contribution in [1.29, 1.82) is 0 Å². The minimum atomic E-state index is -0.304. The number of rotatable bonds is 6. The van der Waals surface area contributed by atoms with E-state index in [1.165, 1.54) is 32.1 Å². The number of nitrogens with zero attached hydrogens (tertiary/aromatic N) is 3. The number of nitro groups is 1. The van der Waals surface area contributed by atoms with Gasteiger partial charge < -0.3 is 5.32 Å². The first kappa shape index (κ1) is 14.8. The van der Waals surface area contributed by atoms with Crippen LogP contribution in [0.2, 0.25) is 0 Å². The van der Waals surface area contributed by atoms with Crippen molar-refractivity contribution in [3.05, 3.63) is 15.8 Å². The molecule has 1 saturated carbocycles. The van der Waals surface area contributed by atoms with Gasteiger partial charge in [0.15, 0.2) is 0 Å². The first-order valence-corrected chi connectivity index (χ1v) is 7.57. The zero-order chi connectivity index (χ0) is 14.5. The largest absolute Gasteiger partial charge is 0.364 e. The highest BCUT2D eigenvalue weighted by molar-refractivity contribution is 5.59. The minimum Gasteiger partial charge on any atom is -0.364 e. The lowest BCUT2D eigenvalue weighted by Gasteiger charge is -2.21. The Hall–Kier alpha value is -1.59. The molecule has 0 saturated heterocycles. The molecule has 0 radical (unpaired) electrons. The second-order valence-electron chi connectivity index (χ2n) is 5.66. The van der Waals surface area contributed by atoms with Gasteiger partial charge in [-0.25, -0.2) is 4.68 Å². The van der Waals surface area contributed by atoms with E-state index in [0.717, 1.165) is 13.0 Å². The highest BCUT2D eigenvalue weighted by Gasteiger charge is 2.26. The molecule has 1 aromatic heterocycles. The predicted molar refractivity (Wildman–Crippen MR) is 78.9 cm³/mol. The Morgan fingerprint density at radius 2 is 2.10 bits per heavy atom. The van der Waals surface area contributed by atoms with Gasteiger partial charge in [-0.2, -0.15) is 5.10 Å². The van der Waals surface area contributed by atoms with E-state index >= 15 is 0 Å². The quantitative estimate of drug-likeness (QED) is 0.641. The first-order chi connectivity index (χ1) is 9.63. The lowest BCUT2D eigenvalue weighted by Crippen LogP contribution is -2.18. The van der Waals surface area contributed by atoms with Gasteiger partial charge in [0.2, 0.25) is 5.82 Å². The predicted octanol–water partition coefficient (Wildman–Crippen LogP) is 3.27. The van der Waals surface area contributed by atoms with Gasteiger partial charge in [0.05, 0.1) is 4.92 Å². The van der Waals surface area contributed by atoms with Crippen LogP contribution >= 0.6 is 0 Å². The molecule has 1 aliphatic carbocycles. The minimum absolute atomic E-state index is 0.158. The molecule has 20 heavy (non-hydrogen) atoms. The van der Waals surface area contributed by atoms with E-state index in [1.807, 2.05) is 6.92 Å². The van der Waals surface area contributed by atoms with E-state index in [4.69, 9.17) is 0 Å². The molecule has 6 heteroatoms. The standard InChI is InChI=1S/C14H24N4O2/c1-3-7-12-13(18(19)20)14(17(2)16-12)15-10-11-8-5-4-6-9-11/h11,15H,3-10H2,1-2H3. The smallest absolute Gasteiger partial charge is 0.333 e. The molecular weight excluding hydrogens is 256 g/mol. The lowest BCUT2D eigenvalue weighted by atomic mass is 9.89. The highest BCUT2D eigenvalue weighted by Crippen LogP contribution is 2.30. The number of nitrogens with one attached hydrogen (secondary N) is 1. The maximum atomic E-state index is 11.3. The van der Waals surface area contributed by atoms with Crippen LogP contribution in [0.15, 0.2) is 0 Å². The third-order valence-electron chi connectivity index (χ3n) is 4.04. The Morgan fingerprint density at radius 3 is 2.70 bits per heavy atom. The summed E-state index contributed by atoms with van der Waals surface area (Å²) in [7, 11) is 1.77. The van der Waals surface area contributed by atoms with E-state index in [-0.39, 0.29) is 10.6 Å². The van der Waals surface area contributed by atoms with Crippen LogP contribution in [-0.4, -0.2) is 21.2 Å². The second kappa shape index (κ2) is 6.72. The molecule has 1 N–H and O–H groups in total. The summed E-state index contributed by atoms with van der Waals surface area (Å²) in [5, 5.41) is 18.9. The van der Waals surface area contributed by atoms with Crippen LogP contribution in [-0.2, 0) is 13.5 Å². The Kier molecular flexibility index (Phi) is 4.98. The maximum Gasteiger partial charge on any atom is 0.333 e. The Morgan fingerprint density at radius 1 is 1.40 bits per heavy atom. The van der Waals surface area contributed by atoms with E-state index < -0.39 is 0 Å². The van der Waals surface area contributed by atoms with Gasteiger partial charge in [0.1, 0.15) is 5.69 Å². The molecule has 1 heterocycles. The third-order valence-corrected chi connectivity index (χ3v) is 4.04.